The van der Waals surface area contributed by atoms with E-state index in [-0.39, 0.29) is 6.04 Å². The van der Waals surface area contributed by atoms with Crippen LogP contribution in [0.15, 0.2) is 42.0 Å². The second-order valence-corrected chi connectivity index (χ2v) is 4.65. The normalized spacial score (nSPS) is 11.7. The molecule has 22 heavy (non-hydrogen) atoms. The third-order valence-electron chi connectivity index (χ3n) is 2.80. The lowest BCUT2D eigenvalue weighted by Gasteiger charge is -2.09. The molecule has 0 bridgehead atoms. The summed E-state index contributed by atoms with van der Waals surface area (Å²) in [5.74, 6) is -0.824. The van der Waals surface area contributed by atoms with Crippen LogP contribution in [0.25, 0.3) is 0 Å². The Hall–Kier alpha value is -2.63. The van der Waals surface area contributed by atoms with Crippen LogP contribution >= 0.6 is 0 Å². The number of benzene rings is 1. The van der Waals surface area contributed by atoms with Gasteiger partial charge in [0.15, 0.2) is 0 Å². The molecule has 0 saturated carbocycles. The van der Waals surface area contributed by atoms with E-state index in [1.807, 2.05) is 13.8 Å². The van der Waals surface area contributed by atoms with Crippen molar-refractivity contribution in [3.63, 3.8) is 0 Å². The summed E-state index contributed by atoms with van der Waals surface area (Å²) in [7, 11) is 0. The van der Waals surface area contributed by atoms with Crippen molar-refractivity contribution < 1.29 is 14.3 Å². The van der Waals surface area contributed by atoms with Crippen molar-refractivity contribution in [2.24, 2.45) is 5.10 Å². The first-order chi connectivity index (χ1) is 10.6. The Balaban J connectivity index is 2.53. The number of hydrogen-bond donors (Lipinski definition) is 2. The zero-order valence-corrected chi connectivity index (χ0v) is 12.8. The first-order valence-electron chi connectivity index (χ1n) is 7.04. The number of hydrazone groups is 1. The number of nitrogens with one attached hydrogen (secondary N) is 2. The Bertz CT molecular complexity index is 555. The van der Waals surface area contributed by atoms with Crippen LogP contribution in [0.1, 0.15) is 25.8 Å². The zero-order valence-electron chi connectivity index (χ0n) is 12.8. The van der Waals surface area contributed by atoms with E-state index in [9.17, 15) is 9.59 Å². The molecule has 6 nitrogen and oxygen atoms in total. The monoisotopic (exact) mass is 303 g/mol. The van der Waals surface area contributed by atoms with Crippen LogP contribution in [0.4, 0.5) is 0 Å². The topological polar surface area (TPSA) is 79.8 Å². The molecular formula is C16H21N3O3. The minimum Gasteiger partial charge on any atom is -0.490 e. The minimum absolute atomic E-state index is 0.0547. The van der Waals surface area contributed by atoms with Crippen LogP contribution in [0.3, 0.4) is 0 Å². The molecule has 0 aliphatic rings. The molecule has 1 atom stereocenters. The molecule has 0 saturated heterocycles. The number of rotatable bonds is 7. The fraction of sp³-hybridized carbons (Fsp3) is 0.312. The van der Waals surface area contributed by atoms with Gasteiger partial charge in [-0.2, -0.15) is 5.10 Å². The highest BCUT2D eigenvalue weighted by Crippen LogP contribution is 2.11. The molecule has 0 unspecified atom stereocenters. The highest BCUT2D eigenvalue weighted by Gasteiger charge is 2.14. The van der Waals surface area contributed by atoms with Crippen molar-refractivity contribution in [2.45, 2.75) is 26.3 Å². The van der Waals surface area contributed by atoms with Crippen LogP contribution in [-0.4, -0.2) is 30.7 Å². The first kappa shape index (κ1) is 17.4. The number of amides is 2. The smallest absolute Gasteiger partial charge is 0.329 e. The first-order valence-corrected chi connectivity index (χ1v) is 7.04. The second-order valence-electron chi connectivity index (χ2n) is 4.65. The molecule has 1 rings (SSSR count). The van der Waals surface area contributed by atoms with Gasteiger partial charge in [-0.3, -0.25) is 9.59 Å². The predicted molar refractivity (Wildman–Crippen MR) is 85.8 cm³/mol. The standard InChI is InChI=1S/C16H21N3O3/c1-4-9-22-14-8-6-7-13(10-14)11-17-19-16(21)15(20)18-12(3)5-2/h4,6-8,10-12H,1,5,9H2,2-3H3,(H,18,20)(H,19,21)/b17-11-/t12-/m0/s1. The fourth-order valence-electron chi connectivity index (χ4n) is 1.45. The van der Waals surface area contributed by atoms with Gasteiger partial charge in [0.05, 0.1) is 6.21 Å². The average Bonchev–Trinajstić information content (AvgIpc) is 2.53. The SMILES string of the molecule is C=CCOc1cccc(/C=N\NC(=O)C(=O)N[C@@H](C)CC)c1. The quantitative estimate of drug-likeness (QED) is 0.348. The molecule has 0 aliphatic carbocycles. The van der Waals surface area contributed by atoms with Crippen molar-refractivity contribution >= 4 is 18.0 Å². The van der Waals surface area contributed by atoms with Gasteiger partial charge in [-0.15, -0.1) is 0 Å². The highest BCUT2D eigenvalue weighted by atomic mass is 16.5. The van der Waals surface area contributed by atoms with Crippen molar-refractivity contribution in [3.8, 4) is 5.75 Å². The van der Waals surface area contributed by atoms with E-state index in [1.165, 1.54) is 6.21 Å². The summed E-state index contributed by atoms with van der Waals surface area (Å²) in [4.78, 5) is 23.0. The summed E-state index contributed by atoms with van der Waals surface area (Å²) in [6.45, 7) is 7.73. The summed E-state index contributed by atoms with van der Waals surface area (Å²) in [6, 6.07) is 7.12. The molecule has 0 radical (unpaired) electrons. The average molecular weight is 303 g/mol. The van der Waals surface area contributed by atoms with Gasteiger partial charge in [0, 0.05) is 6.04 Å². The summed E-state index contributed by atoms with van der Waals surface area (Å²) in [5.41, 5.74) is 2.92. The minimum atomic E-state index is -0.796. The molecule has 2 amide bonds. The predicted octanol–water partition coefficient (Wildman–Crippen LogP) is 1.62. The lowest BCUT2D eigenvalue weighted by atomic mass is 10.2. The Morgan fingerprint density at radius 2 is 2.18 bits per heavy atom. The maximum atomic E-state index is 11.5. The van der Waals surface area contributed by atoms with E-state index >= 15 is 0 Å². The van der Waals surface area contributed by atoms with Gasteiger partial charge >= 0.3 is 11.8 Å². The second kappa shape index (κ2) is 9.33. The summed E-state index contributed by atoms with van der Waals surface area (Å²) in [6.07, 6.45) is 3.84. The van der Waals surface area contributed by atoms with Crippen molar-refractivity contribution in [1.82, 2.24) is 10.7 Å². The third kappa shape index (κ3) is 6.21. The molecule has 0 spiro atoms. The van der Waals surface area contributed by atoms with Crippen molar-refractivity contribution in [1.29, 1.82) is 0 Å². The van der Waals surface area contributed by atoms with Crippen molar-refractivity contribution in [2.75, 3.05) is 6.61 Å². The largest absolute Gasteiger partial charge is 0.490 e. The number of ether oxygens (including phenoxy) is 1. The molecule has 6 heteroatoms. The van der Waals surface area contributed by atoms with Gasteiger partial charge in [0.2, 0.25) is 0 Å². The number of nitrogens with zero attached hydrogens (tertiary/aromatic N) is 1. The molecule has 0 fully saturated rings. The fourth-order valence-corrected chi connectivity index (χ4v) is 1.45. The Labute approximate surface area is 130 Å². The van der Waals surface area contributed by atoms with E-state index in [0.29, 0.717) is 12.4 Å². The van der Waals surface area contributed by atoms with E-state index in [4.69, 9.17) is 4.74 Å². The molecular weight excluding hydrogens is 282 g/mol. The van der Waals surface area contributed by atoms with Crippen LogP contribution in [0, 0.1) is 0 Å². The summed E-state index contributed by atoms with van der Waals surface area (Å²) in [5, 5.41) is 6.31. The van der Waals surface area contributed by atoms with Gasteiger partial charge < -0.3 is 10.1 Å². The van der Waals surface area contributed by atoms with Crippen LogP contribution < -0.4 is 15.5 Å². The Morgan fingerprint density at radius 3 is 2.86 bits per heavy atom. The molecule has 0 aromatic heterocycles. The molecule has 0 aliphatic heterocycles. The summed E-state index contributed by atoms with van der Waals surface area (Å²) >= 11 is 0. The van der Waals surface area contributed by atoms with E-state index < -0.39 is 11.8 Å². The maximum absolute atomic E-state index is 11.5. The van der Waals surface area contributed by atoms with Gasteiger partial charge in [0.1, 0.15) is 12.4 Å². The van der Waals surface area contributed by atoms with Gasteiger partial charge in [-0.1, -0.05) is 31.7 Å². The lowest BCUT2D eigenvalue weighted by molar-refractivity contribution is -0.139. The molecule has 2 N–H and O–H groups in total. The van der Waals surface area contributed by atoms with Crippen LogP contribution in [-0.2, 0) is 9.59 Å². The van der Waals surface area contributed by atoms with Crippen LogP contribution in [0.5, 0.6) is 5.75 Å². The van der Waals surface area contributed by atoms with E-state index in [0.717, 1.165) is 12.0 Å². The van der Waals surface area contributed by atoms with Crippen LogP contribution in [0.2, 0.25) is 0 Å². The number of carbonyl (C=O) groups excluding carboxylic acids is 2. The Morgan fingerprint density at radius 1 is 1.41 bits per heavy atom. The highest BCUT2D eigenvalue weighted by molar-refractivity contribution is 6.35. The van der Waals surface area contributed by atoms with Gasteiger partial charge in [0.25, 0.3) is 0 Å². The molecule has 118 valence electrons. The zero-order chi connectivity index (χ0) is 16.4. The number of carbonyl (C=O) groups is 2. The molecule has 0 heterocycles. The summed E-state index contributed by atoms with van der Waals surface area (Å²) < 4.78 is 5.39. The lowest BCUT2D eigenvalue weighted by Crippen LogP contribution is -2.41. The third-order valence-corrected chi connectivity index (χ3v) is 2.80. The van der Waals surface area contributed by atoms with Gasteiger partial charge in [-0.25, -0.2) is 5.43 Å². The molecule has 1 aromatic carbocycles. The van der Waals surface area contributed by atoms with Crippen molar-refractivity contribution in [3.05, 3.63) is 42.5 Å². The maximum Gasteiger partial charge on any atom is 0.329 e. The van der Waals surface area contributed by atoms with E-state index in [1.54, 1.807) is 30.3 Å². The molecule has 1 aromatic rings. The van der Waals surface area contributed by atoms with Gasteiger partial charge in [-0.05, 0) is 31.0 Å². The number of hydrogen-bond acceptors (Lipinski definition) is 4. The Kier molecular flexibility index (Phi) is 7.39. The van der Waals surface area contributed by atoms with E-state index in [2.05, 4.69) is 22.4 Å².